The van der Waals surface area contributed by atoms with E-state index in [4.69, 9.17) is 9.84 Å². The number of aliphatic hydroxyl groups excluding tert-OH is 1. The van der Waals surface area contributed by atoms with Gasteiger partial charge in [0.25, 0.3) is 0 Å². The molecule has 0 bridgehead atoms. The Morgan fingerprint density at radius 1 is 1.47 bits per heavy atom. The zero-order chi connectivity index (χ0) is 14.3. The van der Waals surface area contributed by atoms with Gasteiger partial charge in [0.1, 0.15) is 5.60 Å². The molecule has 1 rings (SSSR count). The molecule has 0 aromatic rings. The third-order valence-corrected chi connectivity index (χ3v) is 2.87. The van der Waals surface area contributed by atoms with Gasteiger partial charge in [-0.25, -0.2) is 4.79 Å². The lowest BCUT2D eigenvalue weighted by atomic mass is 10.1. The Bertz CT molecular complexity index is 310. The molecule has 19 heavy (non-hydrogen) atoms. The van der Waals surface area contributed by atoms with Gasteiger partial charge in [0, 0.05) is 25.7 Å². The second kappa shape index (κ2) is 7.50. The predicted molar refractivity (Wildman–Crippen MR) is 75.1 cm³/mol. The van der Waals surface area contributed by atoms with Crippen molar-refractivity contribution in [2.75, 3.05) is 26.2 Å². The van der Waals surface area contributed by atoms with Crippen LogP contribution in [-0.2, 0) is 4.74 Å². The van der Waals surface area contributed by atoms with E-state index < -0.39 is 5.60 Å². The molecule has 1 aliphatic heterocycles. The van der Waals surface area contributed by atoms with E-state index in [-0.39, 0.29) is 12.7 Å². The molecule has 0 radical (unpaired) electrons. The summed E-state index contributed by atoms with van der Waals surface area (Å²) >= 11 is 0. The van der Waals surface area contributed by atoms with E-state index in [2.05, 4.69) is 5.32 Å². The summed E-state index contributed by atoms with van der Waals surface area (Å²) in [5.41, 5.74) is -0.443. The number of nitrogens with zero attached hydrogens (tertiary/aromatic N) is 1. The van der Waals surface area contributed by atoms with Gasteiger partial charge in [-0.05, 0) is 33.6 Å². The number of nitrogens with one attached hydrogen (secondary N) is 1. The van der Waals surface area contributed by atoms with Crippen molar-refractivity contribution in [2.45, 2.75) is 45.3 Å². The molecule has 1 amide bonds. The van der Waals surface area contributed by atoms with Gasteiger partial charge in [-0.3, -0.25) is 0 Å². The summed E-state index contributed by atoms with van der Waals surface area (Å²) in [6, 6.07) is 0.296. The van der Waals surface area contributed by atoms with Crippen molar-refractivity contribution in [3.63, 3.8) is 0 Å². The van der Waals surface area contributed by atoms with Crippen LogP contribution < -0.4 is 5.32 Å². The number of hydrogen-bond acceptors (Lipinski definition) is 4. The largest absolute Gasteiger partial charge is 0.444 e. The molecular weight excluding hydrogens is 244 g/mol. The highest BCUT2D eigenvalue weighted by Crippen LogP contribution is 2.15. The first-order valence-electron chi connectivity index (χ1n) is 6.89. The van der Waals surface area contributed by atoms with Crippen molar-refractivity contribution >= 4 is 6.09 Å². The summed E-state index contributed by atoms with van der Waals surface area (Å²) in [4.78, 5) is 13.7. The molecular formula is C14H26N2O3. The van der Waals surface area contributed by atoms with Gasteiger partial charge in [0.05, 0.1) is 6.61 Å². The first kappa shape index (κ1) is 16.0. The van der Waals surface area contributed by atoms with Crippen molar-refractivity contribution in [3.8, 4) is 0 Å². The number of carbonyl (C=O) groups excluding carboxylic acids is 1. The number of likely N-dealkylation sites (tertiary alicyclic amines) is 1. The van der Waals surface area contributed by atoms with Gasteiger partial charge >= 0.3 is 6.09 Å². The predicted octanol–water partition coefficient (Wildman–Crippen LogP) is 1.52. The average Bonchev–Trinajstić information content (AvgIpc) is 2.33. The third kappa shape index (κ3) is 6.59. The standard InChI is InChI=1S/C14H26N2O3/c1-14(2,3)19-13(18)16-9-6-7-12(11-16)15-8-4-5-10-17/h4-5,12,15,17H,6-11H2,1-3H3/b5-4+. The Hall–Kier alpha value is -1.07. The molecule has 2 N–H and O–H groups in total. The van der Waals surface area contributed by atoms with Gasteiger partial charge in [-0.2, -0.15) is 0 Å². The van der Waals surface area contributed by atoms with E-state index in [0.29, 0.717) is 19.1 Å². The molecule has 0 aliphatic carbocycles. The second-order valence-electron chi connectivity index (χ2n) is 5.83. The Kier molecular flexibility index (Phi) is 6.31. The Labute approximate surface area is 115 Å². The van der Waals surface area contributed by atoms with E-state index >= 15 is 0 Å². The fourth-order valence-electron chi connectivity index (χ4n) is 2.03. The van der Waals surface area contributed by atoms with Crippen LogP contribution in [0.2, 0.25) is 0 Å². The van der Waals surface area contributed by atoms with Crippen LogP contribution in [0.3, 0.4) is 0 Å². The maximum Gasteiger partial charge on any atom is 0.410 e. The smallest absolute Gasteiger partial charge is 0.410 e. The lowest BCUT2D eigenvalue weighted by molar-refractivity contribution is 0.0189. The summed E-state index contributed by atoms with van der Waals surface area (Å²) in [6.07, 6.45) is 5.42. The first-order valence-corrected chi connectivity index (χ1v) is 6.89. The molecule has 0 aromatic carbocycles. The van der Waals surface area contributed by atoms with Crippen LogP contribution in [-0.4, -0.2) is 54.0 Å². The normalized spacial score (nSPS) is 20.8. The van der Waals surface area contributed by atoms with E-state index in [1.807, 2.05) is 26.8 Å². The maximum absolute atomic E-state index is 12.0. The molecule has 0 aromatic heterocycles. The second-order valence-corrected chi connectivity index (χ2v) is 5.83. The van der Waals surface area contributed by atoms with E-state index in [0.717, 1.165) is 19.4 Å². The molecule has 1 saturated heterocycles. The lowest BCUT2D eigenvalue weighted by Crippen LogP contribution is -2.49. The lowest BCUT2D eigenvalue weighted by Gasteiger charge is -2.34. The molecule has 1 aliphatic rings. The molecule has 0 saturated carbocycles. The number of carbonyl (C=O) groups is 1. The number of ether oxygens (including phenoxy) is 1. The highest BCUT2D eigenvalue weighted by molar-refractivity contribution is 5.68. The number of amides is 1. The minimum Gasteiger partial charge on any atom is -0.444 e. The summed E-state index contributed by atoms with van der Waals surface area (Å²) < 4.78 is 5.38. The molecule has 1 fully saturated rings. The van der Waals surface area contributed by atoms with Crippen LogP contribution in [0.25, 0.3) is 0 Å². The monoisotopic (exact) mass is 270 g/mol. The van der Waals surface area contributed by atoms with Crippen LogP contribution in [0.5, 0.6) is 0 Å². The van der Waals surface area contributed by atoms with Crippen LogP contribution in [0, 0.1) is 0 Å². The number of piperidine rings is 1. The van der Waals surface area contributed by atoms with Crippen molar-refractivity contribution in [1.82, 2.24) is 10.2 Å². The average molecular weight is 270 g/mol. The Morgan fingerprint density at radius 2 is 2.21 bits per heavy atom. The quantitative estimate of drug-likeness (QED) is 0.760. The van der Waals surface area contributed by atoms with E-state index in [1.54, 1.807) is 11.0 Å². The summed E-state index contributed by atoms with van der Waals surface area (Å²) in [7, 11) is 0. The van der Waals surface area contributed by atoms with Crippen LogP contribution >= 0.6 is 0 Å². The molecule has 1 unspecified atom stereocenters. The topological polar surface area (TPSA) is 61.8 Å². The Balaban J connectivity index is 2.37. The summed E-state index contributed by atoms with van der Waals surface area (Å²) in [5.74, 6) is 0. The first-order chi connectivity index (χ1) is 8.92. The van der Waals surface area contributed by atoms with Gasteiger partial charge in [-0.15, -0.1) is 0 Å². The fraction of sp³-hybridized carbons (Fsp3) is 0.786. The third-order valence-electron chi connectivity index (χ3n) is 2.87. The molecule has 5 heteroatoms. The highest BCUT2D eigenvalue weighted by atomic mass is 16.6. The molecule has 1 heterocycles. The van der Waals surface area contributed by atoms with Crippen LogP contribution in [0.15, 0.2) is 12.2 Å². The molecule has 1 atom stereocenters. The number of aliphatic hydroxyl groups is 1. The molecule has 0 spiro atoms. The van der Waals surface area contributed by atoms with Gasteiger partial charge < -0.3 is 20.1 Å². The van der Waals surface area contributed by atoms with Crippen molar-refractivity contribution in [1.29, 1.82) is 0 Å². The minimum atomic E-state index is -0.443. The minimum absolute atomic E-state index is 0.0659. The van der Waals surface area contributed by atoms with Gasteiger partial charge in [0.15, 0.2) is 0 Å². The zero-order valence-corrected chi connectivity index (χ0v) is 12.2. The SMILES string of the molecule is CC(C)(C)OC(=O)N1CCCC(NC/C=C/CO)C1. The van der Waals surface area contributed by atoms with Gasteiger partial charge in [0.2, 0.25) is 0 Å². The van der Waals surface area contributed by atoms with Crippen molar-refractivity contribution in [2.24, 2.45) is 0 Å². The Morgan fingerprint density at radius 3 is 2.84 bits per heavy atom. The molecule has 110 valence electrons. The molecule has 5 nitrogen and oxygen atoms in total. The maximum atomic E-state index is 12.0. The van der Waals surface area contributed by atoms with Crippen molar-refractivity contribution in [3.05, 3.63) is 12.2 Å². The van der Waals surface area contributed by atoms with E-state index in [1.165, 1.54) is 0 Å². The highest BCUT2D eigenvalue weighted by Gasteiger charge is 2.27. The summed E-state index contributed by atoms with van der Waals surface area (Å²) in [5, 5.41) is 12.0. The van der Waals surface area contributed by atoms with Gasteiger partial charge in [-0.1, -0.05) is 12.2 Å². The zero-order valence-electron chi connectivity index (χ0n) is 12.2. The van der Waals surface area contributed by atoms with Crippen LogP contribution in [0.1, 0.15) is 33.6 Å². The number of hydrogen-bond donors (Lipinski definition) is 2. The van der Waals surface area contributed by atoms with Crippen molar-refractivity contribution < 1.29 is 14.6 Å². The van der Waals surface area contributed by atoms with E-state index in [9.17, 15) is 4.79 Å². The summed E-state index contributed by atoms with van der Waals surface area (Å²) in [6.45, 7) is 7.87. The van der Waals surface area contributed by atoms with Crippen LogP contribution in [0.4, 0.5) is 4.79 Å². The number of rotatable bonds is 4. The fourth-order valence-corrected chi connectivity index (χ4v) is 2.03.